The molecule has 22 heavy (non-hydrogen) atoms. The molecule has 7 heteroatoms. The minimum atomic E-state index is -0.638. The second-order valence-corrected chi connectivity index (χ2v) is 5.50. The molecule has 0 saturated carbocycles. The van der Waals surface area contributed by atoms with Gasteiger partial charge < -0.3 is 10.0 Å². The lowest BCUT2D eigenvalue weighted by Gasteiger charge is -2.29. The predicted molar refractivity (Wildman–Crippen MR) is 77.8 cm³/mol. The standard InChI is InChI=1S/C15H19FN2O4/c16-14-10-12(18(21)22)5-4-11(14)2-1-3-15(20)17-8-6-13(19)7-9-17/h4-5,10,13,19H,1-3,6-9H2. The van der Waals surface area contributed by atoms with Gasteiger partial charge in [0.05, 0.1) is 17.1 Å². The van der Waals surface area contributed by atoms with Crippen LogP contribution in [0, 0.1) is 15.9 Å². The Morgan fingerprint density at radius 2 is 2.09 bits per heavy atom. The number of rotatable bonds is 5. The molecule has 1 aliphatic rings. The Labute approximate surface area is 127 Å². The Bertz CT molecular complexity index is 556. The molecule has 1 fully saturated rings. The van der Waals surface area contributed by atoms with Crippen molar-refractivity contribution in [2.24, 2.45) is 0 Å². The van der Waals surface area contributed by atoms with E-state index in [-0.39, 0.29) is 17.7 Å². The SMILES string of the molecule is O=C(CCCc1ccc([N+](=O)[O-])cc1F)N1CCC(O)CC1. The Hall–Kier alpha value is -2.02. The van der Waals surface area contributed by atoms with Gasteiger partial charge in [0.1, 0.15) is 5.82 Å². The number of benzene rings is 1. The predicted octanol–water partition coefficient (Wildman–Crippen LogP) is 2.04. The molecule has 1 aliphatic heterocycles. The summed E-state index contributed by atoms with van der Waals surface area (Å²) in [6.07, 6.45) is 2.05. The third-order valence-electron chi connectivity index (χ3n) is 3.90. The number of likely N-dealkylation sites (tertiary alicyclic amines) is 1. The van der Waals surface area contributed by atoms with Gasteiger partial charge in [-0.1, -0.05) is 0 Å². The lowest BCUT2D eigenvalue weighted by Crippen LogP contribution is -2.39. The zero-order valence-corrected chi connectivity index (χ0v) is 12.2. The number of nitro benzene ring substituents is 1. The molecule has 2 rings (SSSR count). The number of piperidine rings is 1. The van der Waals surface area contributed by atoms with Gasteiger partial charge in [0.25, 0.3) is 5.69 Å². The third-order valence-corrected chi connectivity index (χ3v) is 3.90. The quantitative estimate of drug-likeness (QED) is 0.666. The molecule has 0 aliphatic carbocycles. The summed E-state index contributed by atoms with van der Waals surface area (Å²) in [5.74, 6) is -0.600. The molecule has 1 saturated heterocycles. The van der Waals surface area contributed by atoms with Crippen LogP contribution in [0.1, 0.15) is 31.2 Å². The number of halogens is 1. The van der Waals surface area contributed by atoms with Crippen molar-refractivity contribution in [3.05, 3.63) is 39.7 Å². The molecular weight excluding hydrogens is 291 g/mol. The largest absolute Gasteiger partial charge is 0.393 e. The number of amides is 1. The highest BCUT2D eigenvalue weighted by molar-refractivity contribution is 5.76. The Kier molecular flexibility index (Phi) is 5.43. The van der Waals surface area contributed by atoms with Crippen LogP contribution in [0.15, 0.2) is 18.2 Å². The second kappa shape index (κ2) is 7.31. The van der Waals surface area contributed by atoms with E-state index >= 15 is 0 Å². The smallest absolute Gasteiger partial charge is 0.272 e. The fourth-order valence-electron chi connectivity index (χ4n) is 2.56. The van der Waals surface area contributed by atoms with Gasteiger partial charge in [0, 0.05) is 25.6 Å². The zero-order chi connectivity index (χ0) is 16.1. The summed E-state index contributed by atoms with van der Waals surface area (Å²) in [4.78, 5) is 23.6. The number of aliphatic hydroxyl groups is 1. The fraction of sp³-hybridized carbons (Fsp3) is 0.533. The number of hydrogen-bond acceptors (Lipinski definition) is 4. The summed E-state index contributed by atoms with van der Waals surface area (Å²) >= 11 is 0. The van der Waals surface area contributed by atoms with Gasteiger partial charge in [0.15, 0.2) is 0 Å². The van der Waals surface area contributed by atoms with Crippen LogP contribution < -0.4 is 0 Å². The minimum absolute atomic E-state index is 0.00854. The van der Waals surface area contributed by atoms with Gasteiger partial charge in [-0.15, -0.1) is 0 Å². The van der Waals surface area contributed by atoms with Gasteiger partial charge in [0.2, 0.25) is 5.91 Å². The van der Waals surface area contributed by atoms with Crippen LogP contribution in [0.4, 0.5) is 10.1 Å². The molecule has 1 amide bonds. The van der Waals surface area contributed by atoms with Crippen molar-refractivity contribution in [3.63, 3.8) is 0 Å². The zero-order valence-electron chi connectivity index (χ0n) is 12.2. The molecule has 6 nitrogen and oxygen atoms in total. The number of nitrogens with zero attached hydrogens (tertiary/aromatic N) is 2. The molecule has 0 radical (unpaired) electrons. The first kappa shape index (κ1) is 16.4. The lowest BCUT2D eigenvalue weighted by atomic mass is 10.0. The molecule has 120 valence electrons. The Morgan fingerprint density at radius 3 is 2.68 bits per heavy atom. The topological polar surface area (TPSA) is 83.7 Å². The monoisotopic (exact) mass is 310 g/mol. The number of aryl methyl sites for hydroxylation is 1. The van der Waals surface area contributed by atoms with E-state index in [1.165, 1.54) is 12.1 Å². The first-order chi connectivity index (χ1) is 10.5. The maximum absolute atomic E-state index is 13.7. The number of hydrogen-bond donors (Lipinski definition) is 1. The van der Waals surface area contributed by atoms with E-state index < -0.39 is 10.7 Å². The highest BCUT2D eigenvalue weighted by atomic mass is 19.1. The van der Waals surface area contributed by atoms with E-state index in [1.54, 1.807) is 4.90 Å². The molecular formula is C15H19FN2O4. The number of aliphatic hydroxyl groups excluding tert-OH is 1. The van der Waals surface area contributed by atoms with Crippen LogP contribution in [0.25, 0.3) is 0 Å². The van der Waals surface area contributed by atoms with Crippen molar-refractivity contribution < 1.29 is 19.2 Å². The maximum Gasteiger partial charge on any atom is 0.272 e. The summed E-state index contributed by atoms with van der Waals surface area (Å²) in [6.45, 7) is 1.12. The molecule has 0 unspecified atom stereocenters. The van der Waals surface area contributed by atoms with Crippen molar-refractivity contribution in [1.29, 1.82) is 0 Å². The Morgan fingerprint density at radius 1 is 1.41 bits per heavy atom. The number of carbonyl (C=O) groups is 1. The molecule has 0 bridgehead atoms. The van der Waals surface area contributed by atoms with Gasteiger partial charge in [-0.2, -0.15) is 0 Å². The van der Waals surface area contributed by atoms with Gasteiger partial charge in [-0.05, 0) is 37.3 Å². The van der Waals surface area contributed by atoms with Gasteiger partial charge in [-0.3, -0.25) is 14.9 Å². The summed E-state index contributed by atoms with van der Waals surface area (Å²) in [5.41, 5.74) is 0.108. The van der Waals surface area contributed by atoms with E-state index in [9.17, 15) is 24.4 Å². The second-order valence-electron chi connectivity index (χ2n) is 5.50. The molecule has 1 aromatic rings. The van der Waals surface area contributed by atoms with Crippen molar-refractivity contribution in [1.82, 2.24) is 4.90 Å². The average Bonchev–Trinajstić information content (AvgIpc) is 2.49. The van der Waals surface area contributed by atoms with E-state index in [4.69, 9.17) is 0 Å². The van der Waals surface area contributed by atoms with Crippen LogP contribution in [0.2, 0.25) is 0 Å². The molecule has 1 N–H and O–H groups in total. The average molecular weight is 310 g/mol. The van der Waals surface area contributed by atoms with E-state index in [0.717, 1.165) is 6.07 Å². The van der Waals surface area contributed by atoms with Crippen LogP contribution in [-0.2, 0) is 11.2 Å². The summed E-state index contributed by atoms with van der Waals surface area (Å²) in [5, 5.41) is 19.9. The maximum atomic E-state index is 13.7. The van der Waals surface area contributed by atoms with Crippen molar-refractivity contribution in [2.45, 2.75) is 38.2 Å². The highest BCUT2D eigenvalue weighted by Crippen LogP contribution is 2.19. The van der Waals surface area contributed by atoms with Crippen LogP contribution in [0.3, 0.4) is 0 Å². The molecule has 1 aromatic carbocycles. The van der Waals surface area contributed by atoms with Crippen molar-refractivity contribution >= 4 is 11.6 Å². The van der Waals surface area contributed by atoms with Crippen LogP contribution >= 0.6 is 0 Å². The van der Waals surface area contributed by atoms with Crippen LogP contribution in [-0.4, -0.2) is 40.0 Å². The molecule has 0 spiro atoms. The fourth-order valence-corrected chi connectivity index (χ4v) is 2.56. The summed E-state index contributed by atoms with van der Waals surface area (Å²) < 4.78 is 13.7. The normalized spacial score (nSPS) is 15.8. The van der Waals surface area contributed by atoms with Crippen molar-refractivity contribution in [3.8, 4) is 0 Å². The van der Waals surface area contributed by atoms with E-state index in [1.807, 2.05) is 0 Å². The molecule has 0 atom stereocenters. The van der Waals surface area contributed by atoms with E-state index in [0.29, 0.717) is 50.8 Å². The van der Waals surface area contributed by atoms with Crippen LogP contribution in [0.5, 0.6) is 0 Å². The summed E-state index contributed by atoms with van der Waals surface area (Å²) in [7, 11) is 0. The van der Waals surface area contributed by atoms with Gasteiger partial charge >= 0.3 is 0 Å². The number of non-ortho nitro benzene ring substituents is 1. The lowest BCUT2D eigenvalue weighted by molar-refractivity contribution is -0.385. The minimum Gasteiger partial charge on any atom is -0.393 e. The molecule has 0 aromatic heterocycles. The first-order valence-electron chi connectivity index (χ1n) is 7.36. The number of nitro groups is 1. The first-order valence-corrected chi connectivity index (χ1v) is 7.36. The van der Waals surface area contributed by atoms with E-state index in [2.05, 4.69) is 0 Å². The molecule has 1 heterocycles. The van der Waals surface area contributed by atoms with Gasteiger partial charge in [-0.25, -0.2) is 4.39 Å². The van der Waals surface area contributed by atoms with Crippen molar-refractivity contribution in [2.75, 3.05) is 13.1 Å². The Balaban J connectivity index is 1.81. The highest BCUT2D eigenvalue weighted by Gasteiger charge is 2.20. The summed E-state index contributed by atoms with van der Waals surface area (Å²) in [6, 6.07) is 3.57. The third kappa shape index (κ3) is 4.24. The number of carbonyl (C=O) groups excluding carboxylic acids is 1.